The molecule has 4 heteroatoms. The highest BCUT2D eigenvalue weighted by atomic mass is 32.4. The third-order valence-electron chi connectivity index (χ3n) is 1.52. The lowest BCUT2D eigenvalue weighted by molar-refractivity contribution is 0.486. The largest absolute Gasteiger partial charge is 0.459 e. The molecule has 0 amide bonds. The van der Waals surface area contributed by atoms with Crippen LogP contribution >= 0.6 is 6.42 Å². The minimum Gasteiger partial charge on any atom is -0.459 e. The van der Waals surface area contributed by atoms with Gasteiger partial charge in [0.15, 0.2) is 6.42 Å². The fourth-order valence-corrected chi connectivity index (χ4v) is 2.73. The van der Waals surface area contributed by atoms with E-state index in [0.29, 0.717) is 0 Å². The van der Waals surface area contributed by atoms with Gasteiger partial charge in [-0.05, 0) is 25.9 Å². The van der Waals surface area contributed by atoms with Crippen LogP contribution in [-0.4, -0.2) is 24.9 Å². The SMILES string of the molecule is C#CC1=COP(=S)(N(C)C)C1. The van der Waals surface area contributed by atoms with Crippen LogP contribution in [0.3, 0.4) is 0 Å². The van der Waals surface area contributed by atoms with Gasteiger partial charge in [-0.2, -0.15) is 0 Å². The van der Waals surface area contributed by atoms with E-state index in [1.165, 1.54) is 0 Å². The topological polar surface area (TPSA) is 12.5 Å². The van der Waals surface area contributed by atoms with Crippen molar-refractivity contribution in [3.05, 3.63) is 11.8 Å². The zero-order valence-electron chi connectivity index (χ0n) is 6.57. The maximum absolute atomic E-state index is 5.35. The molecule has 2 nitrogen and oxygen atoms in total. The first-order chi connectivity index (χ1) is 5.08. The summed E-state index contributed by atoms with van der Waals surface area (Å²) in [5.74, 6) is 2.54. The van der Waals surface area contributed by atoms with Gasteiger partial charge in [-0.3, -0.25) is 4.67 Å². The Morgan fingerprint density at radius 2 is 2.45 bits per heavy atom. The van der Waals surface area contributed by atoms with Crippen molar-refractivity contribution in [2.24, 2.45) is 0 Å². The molecule has 0 bridgehead atoms. The van der Waals surface area contributed by atoms with Crippen molar-refractivity contribution in [1.29, 1.82) is 0 Å². The van der Waals surface area contributed by atoms with Gasteiger partial charge in [-0.25, -0.2) is 0 Å². The van der Waals surface area contributed by atoms with Gasteiger partial charge < -0.3 is 4.52 Å². The average molecular weight is 187 g/mol. The van der Waals surface area contributed by atoms with E-state index < -0.39 is 6.42 Å². The van der Waals surface area contributed by atoms with E-state index in [-0.39, 0.29) is 0 Å². The molecule has 0 aromatic rings. The monoisotopic (exact) mass is 187 g/mol. The number of hydrogen-bond donors (Lipinski definition) is 0. The fraction of sp³-hybridized carbons (Fsp3) is 0.429. The van der Waals surface area contributed by atoms with Crippen molar-refractivity contribution in [2.75, 3.05) is 20.3 Å². The summed E-state index contributed by atoms with van der Waals surface area (Å²) in [6.45, 7) is 0. The van der Waals surface area contributed by atoms with Gasteiger partial charge in [0, 0.05) is 5.57 Å². The van der Waals surface area contributed by atoms with E-state index in [2.05, 4.69) is 5.92 Å². The highest BCUT2D eigenvalue weighted by Gasteiger charge is 2.27. The third kappa shape index (κ3) is 1.65. The average Bonchev–Trinajstić information content (AvgIpc) is 2.33. The predicted molar refractivity (Wildman–Crippen MR) is 50.8 cm³/mol. The van der Waals surface area contributed by atoms with Crippen LogP contribution in [0, 0.1) is 12.3 Å². The van der Waals surface area contributed by atoms with Gasteiger partial charge in [0.2, 0.25) is 0 Å². The molecule has 11 heavy (non-hydrogen) atoms. The first kappa shape index (κ1) is 8.80. The summed E-state index contributed by atoms with van der Waals surface area (Å²) >= 11 is 5.30. The summed E-state index contributed by atoms with van der Waals surface area (Å²) in [7, 11) is 3.85. The Morgan fingerprint density at radius 3 is 2.73 bits per heavy atom. The lowest BCUT2D eigenvalue weighted by atomic mass is 10.4. The fourth-order valence-electron chi connectivity index (χ4n) is 0.751. The van der Waals surface area contributed by atoms with Crippen molar-refractivity contribution in [1.82, 2.24) is 4.67 Å². The standard InChI is InChI=1S/C7H10NOPS/c1-4-7-5-9-10(11,6-7)8(2)3/h1,5H,6H2,2-3H3. The van der Waals surface area contributed by atoms with Crippen molar-refractivity contribution in [3.8, 4) is 12.3 Å². The Bertz CT molecular complexity index is 277. The number of allylic oxidation sites excluding steroid dienone is 1. The minimum absolute atomic E-state index is 0.728. The van der Waals surface area contributed by atoms with Crippen LogP contribution in [0.2, 0.25) is 0 Å². The first-order valence-electron chi connectivity index (χ1n) is 3.19. The van der Waals surface area contributed by atoms with Gasteiger partial charge in [-0.15, -0.1) is 6.42 Å². The van der Waals surface area contributed by atoms with E-state index in [1.54, 1.807) is 6.26 Å². The molecule has 0 spiro atoms. The van der Waals surface area contributed by atoms with Crippen LogP contribution in [0.25, 0.3) is 0 Å². The van der Waals surface area contributed by atoms with E-state index in [1.807, 2.05) is 18.8 Å². The molecule has 0 fully saturated rings. The predicted octanol–water partition coefficient (Wildman–Crippen LogP) is 1.40. The molecule has 0 N–H and O–H groups in total. The highest BCUT2D eigenvalue weighted by molar-refractivity contribution is 8.11. The van der Waals surface area contributed by atoms with E-state index in [0.717, 1.165) is 11.7 Å². The Kier molecular flexibility index (Phi) is 2.39. The Hall–Kier alpha value is -0.290. The molecular formula is C7H10NOPS. The second kappa shape index (κ2) is 2.98. The van der Waals surface area contributed by atoms with Gasteiger partial charge in [-0.1, -0.05) is 5.92 Å². The second-order valence-electron chi connectivity index (χ2n) is 2.54. The molecule has 1 atom stereocenters. The molecule has 1 aliphatic rings. The molecule has 1 aliphatic heterocycles. The highest BCUT2D eigenvalue weighted by Crippen LogP contribution is 2.54. The Morgan fingerprint density at radius 1 is 1.82 bits per heavy atom. The molecule has 0 aromatic heterocycles. The second-order valence-corrected chi connectivity index (χ2v) is 6.85. The van der Waals surface area contributed by atoms with Crippen molar-refractivity contribution in [3.63, 3.8) is 0 Å². The van der Waals surface area contributed by atoms with E-state index in [9.17, 15) is 0 Å². The molecule has 0 aromatic carbocycles. The van der Waals surface area contributed by atoms with Crippen molar-refractivity contribution in [2.45, 2.75) is 0 Å². The summed E-state index contributed by atoms with van der Waals surface area (Å²) in [6.07, 6.45) is 5.77. The molecule has 1 heterocycles. The van der Waals surface area contributed by atoms with Crippen LogP contribution < -0.4 is 0 Å². The molecule has 0 saturated carbocycles. The summed E-state index contributed by atoms with van der Waals surface area (Å²) < 4.78 is 7.30. The lowest BCUT2D eigenvalue weighted by Crippen LogP contribution is -2.08. The number of terminal acetylenes is 1. The van der Waals surface area contributed by atoms with Gasteiger partial charge >= 0.3 is 0 Å². The molecule has 1 rings (SSSR count). The lowest BCUT2D eigenvalue weighted by Gasteiger charge is -2.22. The van der Waals surface area contributed by atoms with Crippen LogP contribution in [0.15, 0.2) is 11.8 Å². The summed E-state index contributed by atoms with van der Waals surface area (Å²) in [6, 6.07) is 0. The van der Waals surface area contributed by atoms with Crippen LogP contribution in [0.1, 0.15) is 0 Å². The number of hydrogen-bond acceptors (Lipinski definition) is 2. The Labute approximate surface area is 72.4 Å². The van der Waals surface area contributed by atoms with Gasteiger partial charge in [0.05, 0.1) is 6.16 Å². The summed E-state index contributed by atoms with van der Waals surface area (Å²) in [5.41, 5.74) is 0.877. The van der Waals surface area contributed by atoms with E-state index in [4.69, 9.17) is 22.8 Å². The smallest absolute Gasteiger partial charge is 0.184 e. The molecule has 1 unspecified atom stereocenters. The summed E-state index contributed by atoms with van der Waals surface area (Å²) in [5, 5.41) is 0. The first-order valence-corrected chi connectivity index (χ1v) is 6.05. The molecule has 0 aliphatic carbocycles. The molecule has 60 valence electrons. The van der Waals surface area contributed by atoms with Crippen molar-refractivity contribution < 1.29 is 4.52 Å². The maximum atomic E-state index is 5.35. The Balaban J connectivity index is 2.75. The van der Waals surface area contributed by atoms with Crippen LogP contribution in [0.5, 0.6) is 0 Å². The van der Waals surface area contributed by atoms with Gasteiger partial charge in [0.25, 0.3) is 0 Å². The number of rotatable bonds is 1. The maximum Gasteiger partial charge on any atom is 0.184 e. The third-order valence-corrected chi connectivity index (χ3v) is 5.54. The van der Waals surface area contributed by atoms with Crippen molar-refractivity contribution >= 4 is 18.2 Å². The zero-order chi connectivity index (χ0) is 8.48. The molecule has 0 radical (unpaired) electrons. The normalized spacial score (nSPS) is 29.5. The van der Waals surface area contributed by atoms with Crippen LogP contribution in [0.4, 0.5) is 0 Å². The molecule has 0 saturated heterocycles. The summed E-state index contributed by atoms with van der Waals surface area (Å²) in [4.78, 5) is 0. The molecular weight excluding hydrogens is 177 g/mol. The number of nitrogens with zero attached hydrogens (tertiary/aromatic N) is 1. The van der Waals surface area contributed by atoms with E-state index >= 15 is 0 Å². The van der Waals surface area contributed by atoms with Crippen LogP contribution in [-0.2, 0) is 16.3 Å². The quantitative estimate of drug-likeness (QED) is 0.455. The zero-order valence-corrected chi connectivity index (χ0v) is 8.28. The van der Waals surface area contributed by atoms with Gasteiger partial charge in [0.1, 0.15) is 6.26 Å². The minimum atomic E-state index is -1.78.